The van der Waals surface area contributed by atoms with Crippen LogP contribution in [0.2, 0.25) is 0 Å². The highest BCUT2D eigenvalue weighted by Crippen LogP contribution is 2.63. The summed E-state index contributed by atoms with van der Waals surface area (Å²) < 4.78 is 57.6. The van der Waals surface area contributed by atoms with Crippen molar-refractivity contribution in [3.05, 3.63) is 86.8 Å². The second-order valence-corrected chi connectivity index (χ2v) is 17.4. The van der Waals surface area contributed by atoms with Gasteiger partial charge in [-0.2, -0.15) is 0 Å². The van der Waals surface area contributed by atoms with Gasteiger partial charge in [-0.25, -0.2) is 22.4 Å². The van der Waals surface area contributed by atoms with Gasteiger partial charge in [-0.15, -0.1) is 23.1 Å². The maximum absolute atomic E-state index is 13.7. The molecule has 6 N–H and O–H groups in total. The van der Waals surface area contributed by atoms with Crippen molar-refractivity contribution in [1.29, 1.82) is 0 Å². The van der Waals surface area contributed by atoms with E-state index in [1.807, 2.05) is 0 Å². The van der Waals surface area contributed by atoms with Crippen molar-refractivity contribution in [1.82, 2.24) is 5.32 Å². The fourth-order valence-electron chi connectivity index (χ4n) is 7.23. The number of hydrogen-bond acceptors (Lipinski definition) is 9. The number of amides is 3. The summed E-state index contributed by atoms with van der Waals surface area (Å²) in [5.74, 6) is -10.9. The van der Waals surface area contributed by atoms with Crippen LogP contribution in [0.15, 0.2) is 36.4 Å². The Morgan fingerprint density at radius 1 is 0.845 bits per heavy atom. The summed E-state index contributed by atoms with van der Waals surface area (Å²) in [7, 11) is 1.17. The molecule has 0 bridgehead atoms. The molecule has 316 valence electrons. The van der Waals surface area contributed by atoms with Crippen molar-refractivity contribution in [2.75, 3.05) is 12.4 Å². The van der Waals surface area contributed by atoms with E-state index in [9.17, 15) is 56.5 Å². The zero-order chi connectivity index (χ0) is 44.2. The van der Waals surface area contributed by atoms with Gasteiger partial charge in [-0.05, 0) is 73.1 Å². The monoisotopic (exact) mass is 853 g/mol. The highest BCUT2D eigenvalue weighted by Gasteiger charge is 2.70. The lowest BCUT2D eigenvalue weighted by Crippen LogP contribution is -2.54. The maximum Gasteiger partial charge on any atom is 0.341 e. The van der Waals surface area contributed by atoms with Crippen LogP contribution in [0.1, 0.15) is 110 Å². The van der Waals surface area contributed by atoms with Crippen LogP contribution in [-0.2, 0) is 23.9 Å². The number of carboxylic acids is 2. The highest BCUT2D eigenvalue weighted by atomic mass is 32.2. The molecular formula is C40H47F4N3O9S2. The molecule has 3 amide bonds. The Kier molecular flexibility index (Phi) is 15.0. The Hall–Kier alpha value is -4.97. The van der Waals surface area contributed by atoms with E-state index in [0.717, 1.165) is 47.4 Å². The number of carbonyl (C=O) groups is 6. The van der Waals surface area contributed by atoms with E-state index < -0.39 is 97.6 Å². The second-order valence-electron chi connectivity index (χ2n) is 15.0. The van der Waals surface area contributed by atoms with E-state index in [-0.39, 0.29) is 39.4 Å². The van der Waals surface area contributed by atoms with Crippen LogP contribution in [0.3, 0.4) is 0 Å². The molecule has 12 nitrogen and oxygen atoms in total. The first-order valence-electron chi connectivity index (χ1n) is 18.0. The quantitative estimate of drug-likeness (QED) is 0.0892. The Bertz CT molecular complexity index is 2070. The molecule has 6 unspecified atom stereocenters. The van der Waals surface area contributed by atoms with Crippen LogP contribution in [0, 0.1) is 46.9 Å². The molecule has 6 atom stereocenters. The van der Waals surface area contributed by atoms with Gasteiger partial charge in [0.25, 0.3) is 5.91 Å². The number of benzene rings is 2. The minimum absolute atomic E-state index is 0.0184. The van der Waals surface area contributed by atoms with Gasteiger partial charge in [-0.1, -0.05) is 41.5 Å². The number of halogens is 4. The fraction of sp³-hybridized carbons (Fsp3) is 0.450. The zero-order valence-electron chi connectivity index (χ0n) is 33.3. The Morgan fingerprint density at radius 3 is 1.66 bits per heavy atom. The Labute approximate surface area is 341 Å². The number of rotatable bonds is 12. The van der Waals surface area contributed by atoms with E-state index >= 15 is 0 Å². The zero-order valence-corrected chi connectivity index (χ0v) is 35.0. The number of nitrogens with two attached hydrogens (primary N) is 1. The molecule has 3 aromatic rings. The van der Waals surface area contributed by atoms with E-state index in [1.54, 1.807) is 41.5 Å². The predicted molar refractivity (Wildman–Crippen MR) is 211 cm³/mol. The number of thioether (sulfide) groups is 1. The summed E-state index contributed by atoms with van der Waals surface area (Å²) in [6, 6.07) is 5.70. The lowest BCUT2D eigenvalue weighted by atomic mass is 9.63. The van der Waals surface area contributed by atoms with E-state index in [0.29, 0.717) is 17.7 Å². The number of anilines is 1. The van der Waals surface area contributed by atoms with Gasteiger partial charge in [0.2, 0.25) is 11.8 Å². The molecular weight excluding hydrogens is 807 g/mol. The Morgan fingerprint density at radius 2 is 1.29 bits per heavy atom. The number of esters is 1. The molecule has 4 rings (SSSR count). The topological polar surface area (TPSA) is 202 Å². The van der Waals surface area contributed by atoms with Crippen LogP contribution < -0.4 is 16.4 Å². The third-order valence-electron chi connectivity index (χ3n) is 10.5. The largest absolute Gasteiger partial charge is 0.481 e. The normalized spacial score (nSPS) is 21.2. The second kappa shape index (κ2) is 18.3. The summed E-state index contributed by atoms with van der Waals surface area (Å²) >= 11 is 1.75. The first kappa shape index (κ1) is 47.4. The van der Waals surface area contributed by atoms with Crippen molar-refractivity contribution in [2.45, 2.75) is 90.2 Å². The SMILES string of the molecule is CCC(C(=O)NC1SC(C(=O)O)(C(C)(C)C)C(C)C1(C)C(=O)O)c1cc(F)cc(F)c1.CCC(C(=O)Nc1sc(C(N)=O)c(C)c1C(=O)OC)c1cc(F)cc(F)c1. The summed E-state index contributed by atoms with van der Waals surface area (Å²) in [4.78, 5) is 74.2. The summed E-state index contributed by atoms with van der Waals surface area (Å²) in [6.07, 6.45) is 0.476. The molecule has 1 saturated heterocycles. The first-order valence-corrected chi connectivity index (χ1v) is 19.7. The highest BCUT2D eigenvalue weighted by molar-refractivity contribution is 8.02. The molecule has 0 spiro atoms. The van der Waals surface area contributed by atoms with Gasteiger partial charge in [-0.3, -0.25) is 24.0 Å². The van der Waals surface area contributed by atoms with Gasteiger partial charge in [0.05, 0.1) is 40.2 Å². The number of carboxylic acid groups (broad SMARTS) is 2. The molecule has 18 heteroatoms. The molecule has 1 fully saturated rings. The van der Waals surface area contributed by atoms with Crippen molar-refractivity contribution < 1.29 is 61.3 Å². The lowest BCUT2D eigenvalue weighted by molar-refractivity contribution is -0.156. The number of ether oxygens (including phenoxy) is 1. The van der Waals surface area contributed by atoms with Crippen LogP contribution >= 0.6 is 23.1 Å². The first-order chi connectivity index (χ1) is 26.8. The summed E-state index contributed by atoms with van der Waals surface area (Å²) in [6.45, 7) is 13.0. The molecule has 0 aliphatic carbocycles. The molecule has 2 heterocycles. The van der Waals surface area contributed by atoms with Crippen LogP contribution in [-0.4, -0.2) is 63.1 Å². The van der Waals surface area contributed by atoms with E-state index in [2.05, 4.69) is 10.6 Å². The summed E-state index contributed by atoms with van der Waals surface area (Å²) in [5.41, 5.74) is 3.50. The number of aliphatic carboxylic acids is 2. The van der Waals surface area contributed by atoms with Gasteiger partial charge < -0.3 is 31.3 Å². The van der Waals surface area contributed by atoms with Crippen LogP contribution in [0.5, 0.6) is 0 Å². The number of primary amides is 1. The average molecular weight is 854 g/mol. The molecule has 1 aliphatic heterocycles. The minimum Gasteiger partial charge on any atom is -0.481 e. The lowest BCUT2D eigenvalue weighted by Gasteiger charge is -2.42. The van der Waals surface area contributed by atoms with Crippen LogP contribution in [0.4, 0.5) is 22.6 Å². The van der Waals surface area contributed by atoms with Gasteiger partial charge in [0.1, 0.15) is 33.0 Å². The number of hydrogen-bond donors (Lipinski definition) is 5. The smallest absolute Gasteiger partial charge is 0.341 e. The third-order valence-corrected chi connectivity index (χ3v) is 14.1. The average Bonchev–Trinajstić information content (AvgIpc) is 3.55. The van der Waals surface area contributed by atoms with Gasteiger partial charge >= 0.3 is 17.9 Å². The molecule has 1 aromatic heterocycles. The van der Waals surface area contributed by atoms with Crippen LogP contribution in [0.25, 0.3) is 0 Å². The van der Waals surface area contributed by atoms with Crippen molar-refractivity contribution in [2.24, 2.45) is 22.5 Å². The fourth-order valence-corrected chi connectivity index (χ4v) is 10.3. The van der Waals surface area contributed by atoms with Crippen molar-refractivity contribution >= 4 is 63.7 Å². The van der Waals surface area contributed by atoms with Gasteiger partial charge in [0, 0.05) is 18.1 Å². The van der Waals surface area contributed by atoms with Crippen molar-refractivity contribution in [3.63, 3.8) is 0 Å². The number of thiophene rings is 1. The molecule has 58 heavy (non-hydrogen) atoms. The third kappa shape index (κ3) is 9.33. The van der Waals surface area contributed by atoms with Gasteiger partial charge in [0.15, 0.2) is 0 Å². The molecule has 0 radical (unpaired) electrons. The molecule has 0 saturated carbocycles. The maximum atomic E-state index is 13.7. The van der Waals surface area contributed by atoms with E-state index in [4.69, 9.17) is 10.5 Å². The molecule has 1 aliphatic rings. The predicted octanol–water partition coefficient (Wildman–Crippen LogP) is 7.60. The standard InChI is InChI=1S/C22H29F2NO5S.C18H18F2N2O4S/c1-7-15(12-8-13(23)10-14(24)9-12)16(26)25-17-21(6,18(27)28)11(2)22(31-17,19(29)30)20(3,4)5;1-4-12(9-5-10(19)7-11(20)6-9)16(24)22-17-13(18(25)26-3)8(2)14(27-17)15(21)23/h8-11,15,17H,7H2,1-6H3,(H,25,26)(H,27,28)(H,29,30);5-7,12H,4H2,1-3H3,(H2,21,23)(H,22,24). The summed E-state index contributed by atoms with van der Waals surface area (Å²) in [5, 5.41) is 24.4. The number of carbonyl (C=O) groups excluding carboxylic acids is 4. The number of nitrogens with one attached hydrogen (secondary N) is 2. The van der Waals surface area contributed by atoms with Crippen molar-refractivity contribution in [3.8, 4) is 0 Å². The molecule has 2 aromatic carbocycles. The Balaban J connectivity index is 0.000000313. The van der Waals surface area contributed by atoms with E-state index in [1.165, 1.54) is 21.0 Å². The number of methoxy groups -OCH3 is 1. The minimum atomic E-state index is -1.59.